The Morgan fingerprint density at radius 2 is 2.03 bits per heavy atom. The number of nitrogens with zero attached hydrogens (tertiary/aromatic N) is 6. The van der Waals surface area contributed by atoms with Gasteiger partial charge in [0.05, 0.1) is 42.2 Å². The van der Waals surface area contributed by atoms with Crippen LogP contribution in [-0.2, 0) is 17.5 Å². The van der Waals surface area contributed by atoms with Crippen LogP contribution in [0.1, 0.15) is 48.4 Å². The van der Waals surface area contributed by atoms with Crippen LogP contribution in [0.2, 0.25) is 0 Å². The van der Waals surface area contributed by atoms with E-state index in [1.807, 2.05) is 4.90 Å². The smallest absolute Gasteiger partial charge is 0.378 e. The number of alkyl halides is 5. The van der Waals surface area contributed by atoms with Gasteiger partial charge in [0.25, 0.3) is 12.0 Å². The van der Waals surface area contributed by atoms with E-state index in [-0.39, 0.29) is 24.1 Å². The Kier molecular flexibility index (Phi) is 7.82. The van der Waals surface area contributed by atoms with Crippen LogP contribution in [0.5, 0.6) is 0 Å². The van der Waals surface area contributed by atoms with Gasteiger partial charge in [-0.15, -0.1) is 5.10 Å². The van der Waals surface area contributed by atoms with Gasteiger partial charge in [0.1, 0.15) is 11.3 Å². The zero-order chi connectivity index (χ0) is 25.9. The fourth-order valence-corrected chi connectivity index (χ4v) is 4.66. The number of H-pyrrole nitrogens is 1. The Morgan fingerprint density at radius 1 is 1.28 bits per heavy atom. The molecule has 1 aliphatic rings. The van der Waals surface area contributed by atoms with E-state index in [1.54, 1.807) is 22.9 Å². The van der Waals surface area contributed by atoms with E-state index in [0.717, 1.165) is 30.4 Å². The minimum Gasteiger partial charge on any atom is -0.378 e. The number of anilines is 2. The first-order chi connectivity index (χ1) is 17.1. The van der Waals surface area contributed by atoms with Gasteiger partial charge in [-0.3, -0.25) is 4.79 Å². The van der Waals surface area contributed by atoms with Crippen LogP contribution in [0.4, 0.5) is 32.8 Å². The van der Waals surface area contributed by atoms with Crippen LogP contribution in [0, 0.1) is 0 Å². The number of hydrogen-bond donors (Lipinski definition) is 2. The third-order valence-electron chi connectivity index (χ3n) is 5.55. The molecule has 10 nitrogen and oxygen atoms in total. The average Bonchev–Trinajstić information content (AvgIpc) is 3.49. The van der Waals surface area contributed by atoms with Crippen molar-refractivity contribution < 1.29 is 26.7 Å². The molecule has 0 radical (unpaired) electrons. The van der Waals surface area contributed by atoms with Gasteiger partial charge in [0.2, 0.25) is 0 Å². The minimum atomic E-state index is -4.83. The lowest BCUT2D eigenvalue weighted by Crippen LogP contribution is -2.34. The summed E-state index contributed by atoms with van der Waals surface area (Å²) in [7, 11) is 0. The van der Waals surface area contributed by atoms with Gasteiger partial charge in [-0.25, -0.2) is 23.5 Å². The van der Waals surface area contributed by atoms with E-state index in [4.69, 9.17) is 4.74 Å². The highest BCUT2D eigenvalue weighted by Gasteiger charge is 2.37. The van der Waals surface area contributed by atoms with Crippen LogP contribution in [0.3, 0.4) is 0 Å². The van der Waals surface area contributed by atoms with Gasteiger partial charge in [0.15, 0.2) is 5.13 Å². The lowest BCUT2D eigenvalue weighted by atomic mass is 10.1. The van der Waals surface area contributed by atoms with Crippen LogP contribution in [0.15, 0.2) is 23.4 Å². The number of rotatable bonds is 9. The van der Waals surface area contributed by atoms with Crippen LogP contribution in [-0.4, -0.2) is 55.9 Å². The number of ether oxygens (including phenoxy) is 1. The van der Waals surface area contributed by atoms with E-state index in [2.05, 4.69) is 25.7 Å². The van der Waals surface area contributed by atoms with E-state index in [9.17, 15) is 26.7 Å². The molecule has 1 fully saturated rings. The first-order valence-electron chi connectivity index (χ1n) is 11.0. The number of aromatic amines is 1. The van der Waals surface area contributed by atoms with E-state index in [0.29, 0.717) is 23.9 Å². The van der Waals surface area contributed by atoms with Crippen LogP contribution < -0.4 is 15.8 Å². The Balaban J connectivity index is 1.24. The van der Waals surface area contributed by atoms with Crippen molar-refractivity contribution in [3.8, 4) is 0 Å². The molecule has 0 amide bonds. The summed E-state index contributed by atoms with van der Waals surface area (Å²) in [6.45, 7) is 3.04. The van der Waals surface area contributed by atoms with Crippen molar-refractivity contribution in [3.63, 3.8) is 0 Å². The van der Waals surface area contributed by atoms with Crippen molar-refractivity contribution in [1.82, 2.24) is 30.2 Å². The molecular formula is C20H23F5N8O2S. The third-order valence-corrected chi connectivity index (χ3v) is 6.62. The Morgan fingerprint density at radius 3 is 2.69 bits per heavy atom. The maximum Gasteiger partial charge on any atom is 0.423 e. The Hall–Kier alpha value is -3.14. The summed E-state index contributed by atoms with van der Waals surface area (Å²) in [5, 5.41) is 16.6. The summed E-state index contributed by atoms with van der Waals surface area (Å²) in [6, 6.07) is -0.465. The lowest BCUT2D eigenvalue weighted by molar-refractivity contribution is -0.138. The van der Waals surface area contributed by atoms with Gasteiger partial charge in [-0.05, 0) is 19.8 Å². The summed E-state index contributed by atoms with van der Waals surface area (Å²) in [5.74, 6) is 0. The second-order valence-corrected chi connectivity index (χ2v) is 9.34. The zero-order valence-corrected chi connectivity index (χ0v) is 19.8. The lowest BCUT2D eigenvalue weighted by Gasteiger charge is -2.31. The monoisotopic (exact) mass is 534 g/mol. The first kappa shape index (κ1) is 25.9. The molecule has 0 bridgehead atoms. The second kappa shape index (κ2) is 10.9. The topological polar surface area (TPSA) is 114 Å². The number of aromatic nitrogens is 6. The van der Waals surface area contributed by atoms with Gasteiger partial charge in [-0.2, -0.15) is 18.3 Å². The maximum absolute atomic E-state index is 13.2. The summed E-state index contributed by atoms with van der Waals surface area (Å²) >= 11 is 0.995. The van der Waals surface area contributed by atoms with Gasteiger partial charge < -0.3 is 15.0 Å². The van der Waals surface area contributed by atoms with Crippen molar-refractivity contribution >= 4 is 22.2 Å². The van der Waals surface area contributed by atoms with Crippen molar-refractivity contribution in [1.29, 1.82) is 0 Å². The highest BCUT2D eigenvalue weighted by molar-refractivity contribution is 7.15. The molecule has 36 heavy (non-hydrogen) atoms. The highest BCUT2D eigenvalue weighted by Crippen LogP contribution is 2.33. The number of piperidine rings is 1. The number of thiazole rings is 1. The van der Waals surface area contributed by atoms with Gasteiger partial charge >= 0.3 is 6.18 Å². The molecule has 0 spiro atoms. The fourth-order valence-electron chi connectivity index (χ4n) is 3.84. The molecule has 3 aromatic rings. The van der Waals surface area contributed by atoms with E-state index in [1.165, 1.54) is 6.20 Å². The molecule has 4 rings (SSSR count). The summed E-state index contributed by atoms with van der Waals surface area (Å²) in [5.41, 5.74) is -2.54. The number of halogens is 5. The Labute approximate surface area is 205 Å². The summed E-state index contributed by atoms with van der Waals surface area (Å²) < 4.78 is 72.4. The minimum absolute atomic E-state index is 0.0454. The number of hydrogen-bond acceptors (Lipinski definition) is 9. The normalized spacial score (nSPS) is 16.0. The second-order valence-electron chi connectivity index (χ2n) is 8.30. The summed E-state index contributed by atoms with van der Waals surface area (Å²) in [4.78, 5) is 17.6. The molecule has 0 aromatic carbocycles. The van der Waals surface area contributed by atoms with Crippen LogP contribution >= 0.6 is 11.3 Å². The molecule has 3 aromatic heterocycles. The highest BCUT2D eigenvalue weighted by atomic mass is 32.1. The molecule has 0 saturated carbocycles. The molecule has 0 aliphatic carbocycles. The summed E-state index contributed by atoms with van der Waals surface area (Å²) in [6.07, 6.45) is -2.02. The molecule has 4 heterocycles. The zero-order valence-electron chi connectivity index (χ0n) is 19.0. The molecule has 1 aliphatic heterocycles. The van der Waals surface area contributed by atoms with Crippen molar-refractivity contribution in [2.24, 2.45) is 0 Å². The SMILES string of the molecule is CC(COCc1cn(C2CCN(c3ncc(C(F)F)s3)CC2)nn1)Nc1cn[nH]c(=O)c1C(F)(F)F. The van der Waals surface area contributed by atoms with Gasteiger partial charge in [0, 0.05) is 25.3 Å². The van der Waals surface area contributed by atoms with E-state index >= 15 is 0 Å². The van der Waals surface area contributed by atoms with Gasteiger partial charge in [-0.1, -0.05) is 16.6 Å². The van der Waals surface area contributed by atoms with Crippen molar-refractivity contribution in [2.45, 2.75) is 51.1 Å². The molecule has 1 saturated heterocycles. The quantitative estimate of drug-likeness (QED) is 0.400. The molecule has 16 heteroatoms. The third kappa shape index (κ3) is 6.16. The largest absolute Gasteiger partial charge is 0.423 e. The molecule has 2 N–H and O–H groups in total. The van der Waals surface area contributed by atoms with Crippen molar-refractivity contribution in [2.75, 3.05) is 29.9 Å². The predicted molar refractivity (Wildman–Crippen MR) is 120 cm³/mol. The van der Waals surface area contributed by atoms with Crippen LogP contribution in [0.25, 0.3) is 0 Å². The average molecular weight is 535 g/mol. The molecule has 1 unspecified atom stereocenters. The first-order valence-corrected chi connectivity index (χ1v) is 11.8. The Bertz CT molecular complexity index is 1210. The molecule has 196 valence electrons. The fraction of sp³-hybridized carbons (Fsp3) is 0.550. The standard InChI is InChI=1S/C20H23F5N8O2S/c1-11(28-14-6-27-30-18(34)16(14)20(23,24)25)9-35-10-12-8-33(31-29-12)13-2-4-32(5-3-13)19-26-7-15(36-19)17(21)22/h6-8,11,13,17H,2-5,9-10H2,1H3,(H2,28,30,34). The van der Waals surface area contributed by atoms with E-state index < -0.39 is 35.5 Å². The maximum atomic E-state index is 13.2. The predicted octanol–water partition coefficient (Wildman–Crippen LogP) is 3.63. The molecular weight excluding hydrogens is 511 g/mol. The molecule has 1 atom stereocenters. The number of nitrogens with one attached hydrogen (secondary N) is 2. The van der Waals surface area contributed by atoms with Crippen molar-refractivity contribution in [3.05, 3.63) is 45.1 Å².